The number of hydrogen-bond donors (Lipinski definition) is 1. The molecule has 0 aliphatic carbocycles. The van der Waals surface area contributed by atoms with Gasteiger partial charge < -0.3 is 19.5 Å². The average molecular weight is 636 g/mol. The molecule has 0 amide bonds. The SMILES string of the molecule is CCCCCOc1c(Br)cc(C2C(C(=O)OC)=C(C)Nc3nc(SCc4ccccc4Cl)nn32)cc1OCC. The van der Waals surface area contributed by atoms with Gasteiger partial charge in [-0.25, -0.2) is 9.48 Å². The Bertz CT molecular complexity index is 1360. The lowest BCUT2D eigenvalue weighted by Crippen LogP contribution is -2.29. The van der Waals surface area contributed by atoms with E-state index < -0.39 is 12.0 Å². The van der Waals surface area contributed by atoms with Crippen LogP contribution < -0.4 is 14.8 Å². The summed E-state index contributed by atoms with van der Waals surface area (Å²) in [5.41, 5.74) is 2.85. The second kappa shape index (κ2) is 13.6. The molecule has 1 atom stereocenters. The maximum Gasteiger partial charge on any atom is 0.338 e. The summed E-state index contributed by atoms with van der Waals surface area (Å²) in [5.74, 6) is 1.91. The Morgan fingerprint density at radius 3 is 2.72 bits per heavy atom. The van der Waals surface area contributed by atoms with Crippen molar-refractivity contribution in [1.29, 1.82) is 0 Å². The van der Waals surface area contributed by atoms with E-state index in [4.69, 9.17) is 35.9 Å². The molecule has 0 fully saturated rings. The van der Waals surface area contributed by atoms with Crippen molar-refractivity contribution in [2.24, 2.45) is 0 Å². The number of allylic oxidation sites excluding steroid dienone is 1. The van der Waals surface area contributed by atoms with Gasteiger partial charge in [-0.15, -0.1) is 5.10 Å². The summed E-state index contributed by atoms with van der Waals surface area (Å²) in [6, 6.07) is 10.9. The number of esters is 1. The monoisotopic (exact) mass is 634 g/mol. The molecule has 0 radical (unpaired) electrons. The molecule has 2 aromatic carbocycles. The number of benzene rings is 2. The zero-order valence-electron chi connectivity index (χ0n) is 22.4. The van der Waals surface area contributed by atoms with E-state index in [1.165, 1.54) is 18.9 Å². The van der Waals surface area contributed by atoms with Gasteiger partial charge in [-0.2, -0.15) is 4.98 Å². The maximum atomic E-state index is 13.0. The molecule has 0 bridgehead atoms. The van der Waals surface area contributed by atoms with Crippen molar-refractivity contribution >= 4 is 51.2 Å². The first kappa shape index (κ1) is 29.3. The number of thioether (sulfide) groups is 1. The van der Waals surface area contributed by atoms with Crippen LogP contribution in [-0.2, 0) is 15.3 Å². The van der Waals surface area contributed by atoms with Crippen LogP contribution in [0.4, 0.5) is 5.95 Å². The molecular formula is C28H32BrClN4O4S. The third kappa shape index (κ3) is 6.73. The van der Waals surface area contributed by atoms with Crippen LogP contribution in [0.15, 0.2) is 57.3 Å². The minimum atomic E-state index is -0.597. The Labute approximate surface area is 246 Å². The summed E-state index contributed by atoms with van der Waals surface area (Å²) in [5, 5.41) is 9.26. The Kier molecular flexibility index (Phi) is 10.2. The Hall–Kier alpha value is -2.69. The van der Waals surface area contributed by atoms with Crippen molar-refractivity contribution in [1.82, 2.24) is 14.8 Å². The number of rotatable bonds is 12. The number of fused-ring (bicyclic) bond motifs is 1. The number of halogens is 2. The highest BCUT2D eigenvalue weighted by atomic mass is 79.9. The van der Waals surface area contributed by atoms with Gasteiger partial charge in [0.15, 0.2) is 11.5 Å². The fourth-order valence-electron chi connectivity index (χ4n) is 4.31. The van der Waals surface area contributed by atoms with Gasteiger partial charge in [-0.1, -0.05) is 61.3 Å². The second-order valence-corrected chi connectivity index (χ2v) is 11.1. The molecule has 11 heteroatoms. The molecule has 1 aromatic heterocycles. The molecule has 39 heavy (non-hydrogen) atoms. The normalized spacial score (nSPS) is 14.6. The largest absolute Gasteiger partial charge is 0.490 e. The standard InChI is InChI=1S/C28H32BrClN4O4S/c1-5-7-10-13-38-25-20(29)14-19(15-22(25)37-6-2)24-23(26(35)36-4)17(3)31-27-32-28(33-34(24)27)39-16-18-11-8-9-12-21(18)30/h8-9,11-12,14-15,24H,5-7,10,13,16H2,1-4H3,(H,31,32,33). The van der Waals surface area contributed by atoms with Crippen molar-refractivity contribution < 1.29 is 19.0 Å². The van der Waals surface area contributed by atoms with Gasteiger partial charge in [-0.3, -0.25) is 0 Å². The summed E-state index contributed by atoms with van der Waals surface area (Å²) < 4.78 is 19.7. The topological polar surface area (TPSA) is 87.5 Å². The van der Waals surface area contributed by atoms with E-state index in [9.17, 15) is 4.79 Å². The maximum absolute atomic E-state index is 13.0. The fraction of sp³-hybridized carbons (Fsp3) is 0.393. The van der Waals surface area contributed by atoms with E-state index in [0.29, 0.717) is 57.9 Å². The molecule has 0 saturated heterocycles. The predicted molar refractivity (Wildman–Crippen MR) is 158 cm³/mol. The number of methoxy groups -OCH3 is 1. The Balaban J connectivity index is 1.73. The molecule has 4 rings (SSSR count). The van der Waals surface area contributed by atoms with Crippen LogP contribution >= 0.6 is 39.3 Å². The molecule has 0 saturated carbocycles. The van der Waals surface area contributed by atoms with Crippen molar-refractivity contribution in [2.45, 2.75) is 57.0 Å². The van der Waals surface area contributed by atoms with E-state index in [-0.39, 0.29) is 0 Å². The number of nitrogens with one attached hydrogen (secondary N) is 1. The lowest BCUT2D eigenvalue weighted by molar-refractivity contribution is -0.136. The van der Waals surface area contributed by atoms with Gasteiger partial charge >= 0.3 is 5.97 Å². The first-order valence-corrected chi connectivity index (χ1v) is 15.0. The van der Waals surface area contributed by atoms with Crippen molar-refractivity contribution in [2.75, 3.05) is 25.6 Å². The lowest BCUT2D eigenvalue weighted by Gasteiger charge is -2.28. The van der Waals surface area contributed by atoms with Crippen LogP contribution in [0.1, 0.15) is 57.2 Å². The molecule has 1 aliphatic heterocycles. The van der Waals surface area contributed by atoms with Crippen molar-refractivity contribution in [3.63, 3.8) is 0 Å². The number of unbranched alkanes of at least 4 members (excludes halogenated alkanes) is 2. The molecule has 1 N–H and O–H groups in total. The zero-order valence-corrected chi connectivity index (χ0v) is 25.6. The number of carbonyl (C=O) groups excluding carboxylic acids is 1. The van der Waals surface area contributed by atoms with Crippen LogP contribution in [0.2, 0.25) is 5.02 Å². The molecule has 1 unspecified atom stereocenters. The van der Waals surface area contributed by atoms with Crippen LogP contribution in [0, 0.1) is 0 Å². The minimum Gasteiger partial charge on any atom is -0.490 e. The molecule has 0 spiro atoms. The molecule has 2 heterocycles. The highest BCUT2D eigenvalue weighted by Gasteiger charge is 2.36. The van der Waals surface area contributed by atoms with Crippen LogP contribution in [0.25, 0.3) is 0 Å². The van der Waals surface area contributed by atoms with E-state index in [1.807, 2.05) is 50.2 Å². The quantitative estimate of drug-likeness (QED) is 0.125. The number of aromatic nitrogens is 3. The van der Waals surface area contributed by atoms with E-state index >= 15 is 0 Å². The number of nitrogens with zero attached hydrogens (tertiary/aromatic N) is 3. The van der Waals surface area contributed by atoms with E-state index in [1.54, 1.807) is 4.68 Å². The molecule has 8 nitrogen and oxygen atoms in total. The summed E-state index contributed by atoms with van der Waals surface area (Å²) in [6.07, 6.45) is 3.15. The summed E-state index contributed by atoms with van der Waals surface area (Å²) in [4.78, 5) is 17.7. The molecule has 1 aliphatic rings. The van der Waals surface area contributed by atoms with Crippen LogP contribution in [0.5, 0.6) is 11.5 Å². The fourth-order valence-corrected chi connectivity index (χ4v) is 6.00. The third-order valence-corrected chi connectivity index (χ3v) is 8.04. The van der Waals surface area contributed by atoms with Crippen molar-refractivity contribution in [3.05, 3.63) is 68.3 Å². The Morgan fingerprint density at radius 2 is 2.00 bits per heavy atom. The first-order chi connectivity index (χ1) is 18.9. The second-order valence-electron chi connectivity index (χ2n) is 8.92. The summed E-state index contributed by atoms with van der Waals surface area (Å²) >= 11 is 11.5. The summed E-state index contributed by atoms with van der Waals surface area (Å²) in [6.45, 7) is 6.96. The predicted octanol–water partition coefficient (Wildman–Crippen LogP) is 7.42. The number of carbonyl (C=O) groups is 1. The molecular weight excluding hydrogens is 604 g/mol. The highest BCUT2D eigenvalue weighted by Crippen LogP contribution is 2.43. The van der Waals surface area contributed by atoms with Gasteiger partial charge in [0, 0.05) is 16.5 Å². The number of anilines is 1. The van der Waals surface area contributed by atoms with Crippen LogP contribution in [-0.4, -0.2) is 41.1 Å². The van der Waals surface area contributed by atoms with E-state index in [0.717, 1.165) is 34.9 Å². The highest BCUT2D eigenvalue weighted by molar-refractivity contribution is 9.10. The molecule has 3 aromatic rings. The lowest BCUT2D eigenvalue weighted by atomic mass is 9.95. The van der Waals surface area contributed by atoms with Crippen molar-refractivity contribution in [3.8, 4) is 11.5 Å². The number of hydrogen-bond acceptors (Lipinski definition) is 8. The van der Waals surface area contributed by atoms with Gasteiger partial charge in [0.25, 0.3) is 0 Å². The van der Waals surface area contributed by atoms with Crippen LogP contribution in [0.3, 0.4) is 0 Å². The van der Waals surface area contributed by atoms with Gasteiger partial charge in [0.1, 0.15) is 6.04 Å². The first-order valence-electron chi connectivity index (χ1n) is 12.9. The third-order valence-electron chi connectivity index (χ3n) is 6.19. The number of ether oxygens (including phenoxy) is 3. The smallest absolute Gasteiger partial charge is 0.338 e. The molecule has 208 valence electrons. The Morgan fingerprint density at radius 1 is 1.21 bits per heavy atom. The average Bonchev–Trinajstić information content (AvgIpc) is 3.32. The van der Waals surface area contributed by atoms with E-state index in [2.05, 4.69) is 28.2 Å². The van der Waals surface area contributed by atoms with Gasteiger partial charge in [0.2, 0.25) is 11.1 Å². The zero-order chi connectivity index (χ0) is 27.9. The van der Waals surface area contributed by atoms with Gasteiger partial charge in [0.05, 0.1) is 30.4 Å². The van der Waals surface area contributed by atoms with Gasteiger partial charge in [-0.05, 0) is 65.5 Å². The summed E-state index contributed by atoms with van der Waals surface area (Å²) in [7, 11) is 1.37. The minimum absolute atomic E-state index is 0.434.